The molecule has 0 aromatic heterocycles. The van der Waals surface area contributed by atoms with E-state index in [0.29, 0.717) is 0 Å². The predicted octanol–water partition coefficient (Wildman–Crippen LogP) is 3.15. The molecule has 0 radical (unpaired) electrons. The fraction of sp³-hybridized carbons (Fsp3) is 0.500. The molecule has 1 unspecified atom stereocenters. The normalized spacial score (nSPS) is 15.5. The van der Waals surface area contributed by atoms with E-state index >= 15 is 0 Å². The summed E-state index contributed by atoms with van der Waals surface area (Å²) in [4.78, 5) is 0. The van der Waals surface area contributed by atoms with Crippen LogP contribution in [0.2, 0.25) is 0 Å². The summed E-state index contributed by atoms with van der Waals surface area (Å²) in [5, 5.41) is -0.618. The minimum absolute atomic E-state index is 0.618. The number of hydrogen-bond acceptors (Lipinski definition) is 0. The van der Waals surface area contributed by atoms with Crippen molar-refractivity contribution < 1.29 is 0 Å². The van der Waals surface area contributed by atoms with Gasteiger partial charge in [0.25, 0.3) is 0 Å². The van der Waals surface area contributed by atoms with Gasteiger partial charge < -0.3 is 0 Å². The van der Waals surface area contributed by atoms with Crippen molar-refractivity contribution in [2.75, 3.05) is 0 Å². The van der Waals surface area contributed by atoms with Crippen molar-refractivity contribution in [3.05, 3.63) is 12.7 Å². The predicted molar refractivity (Wildman–Crippen MR) is 40.1 cm³/mol. The molecule has 48 valence electrons. The Morgan fingerprint density at radius 1 is 1.38 bits per heavy atom. The minimum Gasteiger partial charge on any atom is -0.114 e. The highest BCUT2D eigenvalue weighted by Crippen LogP contribution is 2.33. The van der Waals surface area contributed by atoms with Crippen molar-refractivity contribution in [3.63, 3.8) is 0 Å². The molecule has 0 nitrogen and oxygen atoms in total. The van der Waals surface area contributed by atoms with Crippen molar-refractivity contribution in [3.8, 4) is 0 Å². The first kappa shape index (κ1) is 8.90. The van der Waals surface area contributed by atoms with E-state index in [-0.39, 0.29) is 0 Å². The molecule has 0 aromatic rings. The van der Waals surface area contributed by atoms with Crippen LogP contribution in [0.25, 0.3) is 0 Å². The zero-order valence-corrected chi connectivity index (χ0v) is 6.90. The summed E-state index contributed by atoms with van der Waals surface area (Å²) in [6, 6.07) is 0. The van der Waals surface area contributed by atoms with E-state index in [0.717, 1.165) is 0 Å². The maximum Gasteiger partial charge on any atom is 0.210 e. The Bertz CT molecular complexity index is 82.5. The second kappa shape index (κ2) is 3.17. The molecule has 0 spiro atoms. The number of allylic oxidation sites excluding steroid dienone is 1. The monoisotopic (exact) mass is 192 g/mol. The van der Waals surface area contributed by atoms with Gasteiger partial charge in [0.15, 0.2) is 0 Å². The van der Waals surface area contributed by atoms with E-state index in [4.69, 9.17) is 46.4 Å². The first-order valence-electron chi connectivity index (χ1n) is 1.82. The smallest absolute Gasteiger partial charge is 0.114 e. The quantitative estimate of drug-likeness (QED) is 0.444. The van der Waals surface area contributed by atoms with E-state index in [2.05, 4.69) is 6.58 Å². The number of alkyl halides is 4. The maximum absolute atomic E-state index is 5.43. The van der Waals surface area contributed by atoms with Crippen molar-refractivity contribution in [1.82, 2.24) is 0 Å². The van der Waals surface area contributed by atoms with Crippen LogP contribution in [0, 0.1) is 0 Å². The van der Waals surface area contributed by atoms with Gasteiger partial charge in [-0.1, -0.05) is 40.9 Å². The highest BCUT2D eigenvalue weighted by Gasteiger charge is 2.27. The molecule has 0 saturated heterocycles. The number of hydrogen-bond donors (Lipinski definition) is 0. The molecule has 0 N–H and O–H groups in total. The summed E-state index contributed by atoms with van der Waals surface area (Å²) >= 11 is 21.4. The standard InChI is InChI=1S/C4H4Cl4/c1-2-3(5)4(6,7)8/h2-3H,1H2. The molecule has 4 heteroatoms. The van der Waals surface area contributed by atoms with Gasteiger partial charge in [-0.15, -0.1) is 18.2 Å². The Kier molecular flexibility index (Phi) is 3.52. The molecule has 1 atom stereocenters. The molecule has 0 bridgehead atoms. The van der Waals surface area contributed by atoms with Gasteiger partial charge in [0.05, 0.1) is 5.38 Å². The topological polar surface area (TPSA) is 0 Å². The fourth-order valence-electron chi connectivity index (χ4n) is 0.134. The van der Waals surface area contributed by atoms with E-state index in [1.807, 2.05) is 0 Å². The van der Waals surface area contributed by atoms with Crippen LogP contribution in [0.4, 0.5) is 0 Å². The van der Waals surface area contributed by atoms with Crippen LogP contribution in [0.1, 0.15) is 0 Å². The van der Waals surface area contributed by atoms with Gasteiger partial charge in [0.1, 0.15) is 0 Å². The minimum atomic E-state index is -1.43. The molecule has 0 saturated carbocycles. The Morgan fingerprint density at radius 3 is 1.75 bits per heavy atom. The summed E-state index contributed by atoms with van der Waals surface area (Å²) in [5.41, 5.74) is 0. The van der Waals surface area contributed by atoms with Crippen LogP contribution in [0.5, 0.6) is 0 Å². The summed E-state index contributed by atoms with van der Waals surface area (Å²) < 4.78 is -1.43. The van der Waals surface area contributed by atoms with Crippen LogP contribution in [0.3, 0.4) is 0 Å². The van der Waals surface area contributed by atoms with Gasteiger partial charge in [0, 0.05) is 0 Å². The lowest BCUT2D eigenvalue weighted by Gasteiger charge is -2.12. The third kappa shape index (κ3) is 3.03. The molecular formula is C4H4Cl4. The van der Waals surface area contributed by atoms with Crippen molar-refractivity contribution in [1.29, 1.82) is 0 Å². The lowest BCUT2D eigenvalue weighted by Crippen LogP contribution is -2.15. The molecule has 0 aromatic carbocycles. The third-order valence-corrected chi connectivity index (χ3v) is 2.07. The van der Waals surface area contributed by atoms with Crippen LogP contribution >= 0.6 is 46.4 Å². The maximum atomic E-state index is 5.43. The molecule has 0 aliphatic carbocycles. The van der Waals surface area contributed by atoms with Gasteiger partial charge in [-0.3, -0.25) is 0 Å². The van der Waals surface area contributed by atoms with Gasteiger partial charge in [-0.25, -0.2) is 0 Å². The van der Waals surface area contributed by atoms with Gasteiger partial charge in [0.2, 0.25) is 3.79 Å². The van der Waals surface area contributed by atoms with Crippen LogP contribution in [-0.2, 0) is 0 Å². The Hall–Kier alpha value is 0.900. The van der Waals surface area contributed by atoms with Gasteiger partial charge in [-0.2, -0.15) is 0 Å². The molecule has 0 aliphatic rings. The second-order valence-corrected chi connectivity index (χ2v) is 4.02. The summed E-state index contributed by atoms with van der Waals surface area (Å²) in [5.74, 6) is 0. The molecule has 8 heavy (non-hydrogen) atoms. The summed E-state index contributed by atoms with van der Waals surface area (Å²) in [6.07, 6.45) is 1.37. The first-order chi connectivity index (χ1) is 3.48. The fourth-order valence-corrected chi connectivity index (χ4v) is 0.401. The molecule has 0 amide bonds. The average Bonchev–Trinajstić information content (AvgIpc) is 1.62. The average molecular weight is 194 g/mol. The lowest BCUT2D eigenvalue weighted by molar-refractivity contribution is 1.09. The SMILES string of the molecule is C=CC(Cl)C(Cl)(Cl)Cl. The van der Waals surface area contributed by atoms with Crippen LogP contribution in [-0.4, -0.2) is 9.17 Å². The third-order valence-electron chi connectivity index (χ3n) is 0.520. The number of rotatable bonds is 1. The van der Waals surface area contributed by atoms with E-state index in [1.54, 1.807) is 0 Å². The highest BCUT2D eigenvalue weighted by atomic mass is 35.6. The van der Waals surface area contributed by atoms with Crippen molar-refractivity contribution >= 4 is 46.4 Å². The largest absolute Gasteiger partial charge is 0.210 e. The lowest BCUT2D eigenvalue weighted by atomic mass is 10.5. The second-order valence-electron chi connectivity index (χ2n) is 1.18. The molecule has 0 fully saturated rings. The van der Waals surface area contributed by atoms with Gasteiger partial charge >= 0.3 is 0 Å². The molecular weight excluding hydrogens is 190 g/mol. The zero-order chi connectivity index (χ0) is 6.78. The van der Waals surface area contributed by atoms with Crippen molar-refractivity contribution in [2.45, 2.75) is 9.17 Å². The summed E-state index contributed by atoms with van der Waals surface area (Å²) in [6.45, 7) is 3.34. The molecule has 0 rings (SSSR count). The van der Waals surface area contributed by atoms with Gasteiger partial charge in [-0.05, 0) is 0 Å². The zero-order valence-electron chi connectivity index (χ0n) is 3.87. The summed E-state index contributed by atoms with van der Waals surface area (Å²) in [7, 11) is 0. The molecule has 0 heterocycles. The van der Waals surface area contributed by atoms with E-state index in [1.165, 1.54) is 6.08 Å². The molecule has 0 aliphatic heterocycles. The van der Waals surface area contributed by atoms with Crippen LogP contribution < -0.4 is 0 Å². The first-order valence-corrected chi connectivity index (χ1v) is 3.39. The Balaban J connectivity index is 3.80. The van der Waals surface area contributed by atoms with E-state index < -0.39 is 9.17 Å². The number of halogens is 4. The highest BCUT2D eigenvalue weighted by molar-refractivity contribution is 6.70. The van der Waals surface area contributed by atoms with Crippen molar-refractivity contribution in [2.24, 2.45) is 0 Å². The van der Waals surface area contributed by atoms with E-state index in [9.17, 15) is 0 Å². The Labute approximate surface area is 68.4 Å². The van der Waals surface area contributed by atoms with Crippen LogP contribution in [0.15, 0.2) is 12.7 Å². The Morgan fingerprint density at radius 2 is 1.75 bits per heavy atom.